The van der Waals surface area contributed by atoms with Gasteiger partial charge in [-0.05, 0) is 37.8 Å². The number of nitrogens with two attached hydrogens (primary N) is 1. The van der Waals surface area contributed by atoms with Gasteiger partial charge in [-0.15, -0.1) is 5.10 Å². The number of para-hydroxylation sites is 1. The van der Waals surface area contributed by atoms with Gasteiger partial charge in [0.2, 0.25) is 0 Å². The number of hydrogen-bond acceptors (Lipinski definition) is 4. The van der Waals surface area contributed by atoms with E-state index in [0.717, 1.165) is 31.4 Å². The number of carbonyl (C=O) groups is 1. The van der Waals surface area contributed by atoms with Gasteiger partial charge in [0.05, 0.1) is 11.9 Å². The van der Waals surface area contributed by atoms with Gasteiger partial charge in [0.15, 0.2) is 5.69 Å². The molecule has 1 aliphatic carbocycles. The van der Waals surface area contributed by atoms with Crippen LogP contribution in [-0.2, 0) is 0 Å². The second-order valence-electron chi connectivity index (χ2n) is 5.47. The van der Waals surface area contributed by atoms with Crippen LogP contribution in [0, 0.1) is 0 Å². The van der Waals surface area contributed by atoms with E-state index in [2.05, 4.69) is 15.6 Å². The van der Waals surface area contributed by atoms with Crippen LogP contribution in [0.4, 0.5) is 0 Å². The molecular weight excluding hydrogens is 266 g/mol. The van der Waals surface area contributed by atoms with Gasteiger partial charge in [-0.25, -0.2) is 4.68 Å². The van der Waals surface area contributed by atoms with Crippen LogP contribution >= 0.6 is 0 Å². The van der Waals surface area contributed by atoms with Gasteiger partial charge in [-0.2, -0.15) is 0 Å². The third-order valence-corrected chi connectivity index (χ3v) is 3.85. The fourth-order valence-corrected chi connectivity index (χ4v) is 2.60. The molecule has 1 amide bonds. The average molecular weight is 285 g/mol. The molecule has 3 rings (SSSR count). The number of carbonyl (C=O) groups excluding carboxylic acids is 1. The van der Waals surface area contributed by atoms with Crippen LogP contribution in [0.3, 0.4) is 0 Å². The molecule has 1 aliphatic rings. The number of rotatable bonds is 3. The summed E-state index contributed by atoms with van der Waals surface area (Å²) in [5.41, 5.74) is 7.09. The van der Waals surface area contributed by atoms with E-state index in [9.17, 15) is 4.79 Å². The predicted octanol–water partition coefficient (Wildman–Crippen LogP) is 1.27. The predicted molar refractivity (Wildman–Crippen MR) is 79.1 cm³/mol. The van der Waals surface area contributed by atoms with Gasteiger partial charge >= 0.3 is 0 Å². The zero-order valence-electron chi connectivity index (χ0n) is 11.8. The Morgan fingerprint density at radius 2 is 1.90 bits per heavy atom. The topological polar surface area (TPSA) is 85.8 Å². The van der Waals surface area contributed by atoms with Crippen LogP contribution < -0.4 is 11.1 Å². The molecular formula is C15H19N5O. The largest absolute Gasteiger partial charge is 0.348 e. The van der Waals surface area contributed by atoms with Crippen LogP contribution in [0.15, 0.2) is 36.5 Å². The molecule has 0 saturated heterocycles. The van der Waals surface area contributed by atoms with Gasteiger partial charge < -0.3 is 11.1 Å². The molecule has 110 valence electrons. The molecule has 0 spiro atoms. The molecule has 0 bridgehead atoms. The highest BCUT2D eigenvalue weighted by Gasteiger charge is 2.21. The van der Waals surface area contributed by atoms with Crippen molar-refractivity contribution in [2.24, 2.45) is 5.73 Å². The monoisotopic (exact) mass is 285 g/mol. The number of amides is 1. The second-order valence-corrected chi connectivity index (χ2v) is 5.47. The Balaban J connectivity index is 1.64. The highest BCUT2D eigenvalue weighted by atomic mass is 16.2. The molecule has 0 unspecified atom stereocenters. The number of hydrogen-bond donors (Lipinski definition) is 2. The molecule has 1 heterocycles. The minimum Gasteiger partial charge on any atom is -0.348 e. The van der Waals surface area contributed by atoms with Crippen molar-refractivity contribution in [1.29, 1.82) is 0 Å². The Morgan fingerprint density at radius 3 is 2.62 bits per heavy atom. The Morgan fingerprint density at radius 1 is 1.19 bits per heavy atom. The summed E-state index contributed by atoms with van der Waals surface area (Å²) in [6.45, 7) is 0. The van der Waals surface area contributed by atoms with Crippen LogP contribution in [0.2, 0.25) is 0 Å². The quantitative estimate of drug-likeness (QED) is 0.889. The lowest BCUT2D eigenvalue weighted by atomic mass is 9.92. The number of benzene rings is 1. The molecule has 0 aliphatic heterocycles. The fraction of sp³-hybridized carbons (Fsp3) is 0.400. The third-order valence-electron chi connectivity index (χ3n) is 3.85. The lowest BCUT2D eigenvalue weighted by molar-refractivity contribution is 0.0920. The van der Waals surface area contributed by atoms with Crippen molar-refractivity contribution in [1.82, 2.24) is 20.3 Å². The average Bonchev–Trinajstić information content (AvgIpc) is 3.00. The molecule has 0 radical (unpaired) electrons. The first kappa shape index (κ1) is 13.8. The summed E-state index contributed by atoms with van der Waals surface area (Å²) >= 11 is 0. The lowest BCUT2D eigenvalue weighted by Crippen LogP contribution is -2.40. The van der Waals surface area contributed by atoms with Crippen molar-refractivity contribution in [3.63, 3.8) is 0 Å². The Labute approximate surface area is 123 Å². The zero-order chi connectivity index (χ0) is 14.7. The maximum atomic E-state index is 12.2. The molecule has 1 aromatic carbocycles. The molecule has 1 saturated carbocycles. The summed E-state index contributed by atoms with van der Waals surface area (Å²) < 4.78 is 1.60. The number of nitrogens with one attached hydrogen (secondary N) is 1. The van der Waals surface area contributed by atoms with E-state index in [-0.39, 0.29) is 18.0 Å². The molecule has 21 heavy (non-hydrogen) atoms. The summed E-state index contributed by atoms with van der Waals surface area (Å²) in [5, 5.41) is 11.0. The van der Waals surface area contributed by atoms with Crippen molar-refractivity contribution in [3.8, 4) is 5.69 Å². The van der Waals surface area contributed by atoms with E-state index in [1.165, 1.54) is 0 Å². The maximum Gasteiger partial charge on any atom is 0.273 e. The minimum atomic E-state index is -0.169. The molecule has 3 N–H and O–H groups in total. The van der Waals surface area contributed by atoms with E-state index in [1.807, 2.05) is 30.3 Å². The Bertz CT molecular complexity index is 602. The maximum absolute atomic E-state index is 12.2. The van der Waals surface area contributed by atoms with E-state index in [1.54, 1.807) is 10.9 Å². The van der Waals surface area contributed by atoms with Crippen molar-refractivity contribution in [3.05, 3.63) is 42.2 Å². The Hall–Kier alpha value is -2.21. The van der Waals surface area contributed by atoms with Gasteiger partial charge in [0.1, 0.15) is 0 Å². The van der Waals surface area contributed by atoms with E-state index in [0.29, 0.717) is 5.69 Å². The molecule has 6 heteroatoms. The normalized spacial score (nSPS) is 22.0. The SMILES string of the molecule is NC1CCC(NC(=O)c2cn(-c3ccccc3)nn2)CC1. The molecule has 2 aromatic rings. The smallest absolute Gasteiger partial charge is 0.273 e. The van der Waals surface area contributed by atoms with Gasteiger partial charge in [0.25, 0.3) is 5.91 Å². The first-order valence-corrected chi connectivity index (χ1v) is 7.26. The van der Waals surface area contributed by atoms with Gasteiger partial charge in [-0.1, -0.05) is 23.4 Å². The van der Waals surface area contributed by atoms with E-state index in [4.69, 9.17) is 5.73 Å². The first-order chi connectivity index (χ1) is 10.2. The van der Waals surface area contributed by atoms with Crippen molar-refractivity contribution >= 4 is 5.91 Å². The summed E-state index contributed by atoms with van der Waals surface area (Å²) in [6.07, 6.45) is 5.43. The van der Waals surface area contributed by atoms with Crippen LogP contribution in [0.25, 0.3) is 5.69 Å². The summed E-state index contributed by atoms with van der Waals surface area (Å²) in [6, 6.07) is 10.1. The highest BCUT2D eigenvalue weighted by molar-refractivity contribution is 5.92. The zero-order valence-corrected chi connectivity index (χ0v) is 11.8. The van der Waals surface area contributed by atoms with Crippen LogP contribution in [-0.4, -0.2) is 33.0 Å². The fourth-order valence-electron chi connectivity index (χ4n) is 2.60. The minimum absolute atomic E-state index is 0.169. The third kappa shape index (κ3) is 3.28. The van der Waals surface area contributed by atoms with Crippen molar-refractivity contribution < 1.29 is 4.79 Å². The summed E-state index contributed by atoms with van der Waals surface area (Å²) in [7, 11) is 0. The highest BCUT2D eigenvalue weighted by Crippen LogP contribution is 2.17. The summed E-state index contributed by atoms with van der Waals surface area (Å²) in [4.78, 5) is 12.2. The standard InChI is InChI=1S/C15H19N5O/c16-11-6-8-12(9-7-11)17-15(21)14-10-20(19-18-14)13-4-2-1-3-5-13/h1-5,10-12H,6-9,16H2,(H,17,21). The number of nitrogens with zero attached hydrogens (tertiary/aromatic N) is 3. The number of aromatic nitrogens is 3. The molecule has 1 aromatic heterocycles. The molecule has 0 atom stereocenters. The van der Waals surface area contributed by atoms with Crippen LogP contribution in [0.1, 0.15) is 36.2 Å². The molecule has 1 fully saturated rings. The second kappa shape index (κ2) is 6.05. The first-order valence-electron chi connectivity index (χ1n) is 7.26. The lowest BCUT2D eigenvalue weighted by Gasteiger charge is -2.26. The van der Waals surface area contributed by atoms with E-state index < -0.39 is 0 Å². The van der Waals surface area contributed by atoms with Crippen molar-refractivity contribution in [2.45, 2.75) is 37.8 Å². The van der Waals surface area contributed by atoms with Crippen LogP contribution in [0.5, 0.6) is 0 Å². The molecule has 6 nitrogen and oxygen atoms in total. The van der Waals surface area contributed by atoms with Crippen molar-refractivity contribution in [2.75, 3.05) is 0 Å². The van der Waals surface area contributed by atoms with Gasteiger partial charge in [0, 0.05) is 12.1 Å². The Kier molecular flexibility index (Phi) is 3.96. The summed E-state index contributed by atoms with van der Waals surface area (Å²) in [5.74, 6) is -0.169. The van der Waals surface area contributed by atoms with Gasteiger partial charge in [-0.3, -0.25) is 4.79 Å². The van der Waals surface area contributed by atoms with E-state index >= 15 is 0 Å².